The number of carbonyl (C=O) groups is 3. The first kappa shape index (κ1) is 61.4. The third kappa shape index (κ3) is 20.1. The van der Waals surface area contributed by atoms with Crippen molar-refractivity contribution in [3.05, 3.63) is 119 Å². The molecule has 4 aromatic carbocycles. The van der Waals surface area contributed by atoms with E-state index in [4.69, 9.17) is 56.4 Å². The van der Waals surface area contributed by atoms with Crippen LogP contribution in [0.1, 0.15) is 63.3 Å². The highest BCUT2D eigenvalue weighted by Gasteiger charge is 2.25. The highest BCUT2D eigenvalue weighted by Crippen LogP contribution is 2.35. The first-order chi connectivity index (χ1) is 31.5. The Bertz CT molecular complexity index is 1980. The summed E-state index contributed by atoms with van der Waals surface area (Å²) in [6.07, 6.45) is -3.43. The summed E-state index contributed by atoms with van der Waals surface area (Å²) >= 11 is 11.7. The van der Waals surface area contributed by atoms with Crippen LogP contribution in [0.25, 0.3) is 0 Å². The van der Waals surface area contributed by atoms with Crippen molar-refractivity contribution >= 4 is 41.1 Å². The molecule has 4 atom stereocenters. The van der Waals surface area contributed by atoms with Gasteiger partial charge in [-0.2, -0.15) is 0 Å². The van der Waals surface area contributed by atoms with Crippen LogP contribution in [0.3, 0.4) is 0 Å². The van der Waals surface area contributed by atoms with E-state index in [1.165, 1.54) is 0 Å². The van der Waals surface area contributed by atoms with Gasteiger partial charge in [-0.25, -0.2) is 22.8 Å². The lowest BCUT2D eigenvalue weighted by Crippen LogP contribution is -3.00. The van der Waals surface area contributed by atoms with E-state index in [1.807, 2.05) is 84.9 Å². The maximum absolute atomic E-state index is 13.1. The minimum absolute atomic E-state index is 0. The lowest BCUT2D eigenvalue weighted by Gasteiger charge is -2.26. The third-order valence-corrected chi connectivity index (χ3v) is 11.0. The van der Waals surface area contributed by atoms with Crippen molar-refractivity contribution in [3.63, 3.8) is 0 Å². The van der Waals surface area contributed by atoms with Gasteiger partial charge in [0, 0.05) is 17.3 Å². The van der Waals surface area contributed by atoms with Gasteiger partial charge in [0.2, 0.25) is 0 Å². The second-order valence-corrected chi connectivity index (χ2v) is 16.6. The fourth-order valence-corrected chi connectivity index (χ4v) is 6.40. The second kappa shape index (κ2) is 31.5. The molecule has 4 rings (SSSR count). The molecule has 0 aromatic heterocycles. The van der Waals surface area contributed by atoms with Gasteiger partial charge in [0.1, 0.15) is 75.0 Å². The molecule has 19 heteroatoms. The van der Waals surface area contributed by atoms with Gasteiger partial charge in [0.15, 0.2) is 25.4 Å². The van der Waals surface area contributed by atoms with Crippen molar-refractivity contribution in [1.29, 1.82) is 0 Å². The van der Waals surface area contributed by atoms with E-state index in [0.29, 0.717) is 23.0 Å². The molecule has 0 amide bonds. The fourth-order valence-electron chi connectivity index (χ4n) is 6.09. The minimum atomic E-state index is -1.62. The van der Waals surface area contributed by atoms with Crippen LogP contribution in [0.4, 0.5) is 13.2 Å². The van der Waals surface area contributed by atoms with Crippen LogP contribution in [0.5, 0.6) is 23.0 Å². The van der Waals surface area contributed by atoms with Gasteiger partial charge in [0.05, 0.1) is 11.8 Å². The summed E-state index contributed by atoms with van der Waals surface area (Å²) in [7, 11) is 0. The molecule has 0 aliphatic heterocycles. The highest BCUT2D eigenvalue weighted by atomic mass is 35.5. The van der Waals surface area contributed by atoms with E-state index >= 15 is 0 Å². The predicted molar refractivity (Wildman–Crippen MR) is 246 cm³/mol. The van der Waals surface area contributed by atoms with Crippen LogP contribution in [0, 0.1) is 0 Å². The number of ether oxygens (including phenoxy) is 7. The smallest absolute Gasteiger partial charge is 0.361 e. The molecule has 0 aliphatic carbocycles. The third-order valence-electron chi connectivity index (χ3n) is 10.3. The molecule has 0 saturated heterocycles. The Hall–Kier alpha value is -4.64. The average molecular weight is 1040 g/mol. The average Bonchev–Trinajstić information content (AvgIpc) is 3.34. The van der Waals surface area contributed by atoms with Gasteiger partial charge >= 0.3 is 17.9 Å². The molecular weight excluding hydrogens is 975 g/mol. The first-order valence-electron chi connectivity index (χ1n) is 21.5. The van der Waals surface area contributed by atoms with Gasteiger partial charge in [-0.1, -0.05) is 83.1 Å². The maximum atomic E-state index is 13.1. The monoisotopic (exact) mass is 1040 g/mol. The van der Waals surface area contributed by atoms with E-state index in [1.54, 1.807) is 19.1 Å². The molecule has 0 heterocycles. The minimum Gasteiger partial charge on any atom is -1.00 e. The van der Waals surface area contributed by atoms with Crippen molar-refractivity contribution in [3.8, 4) is 23.0 Å². The van der Waals surface area contributed by atoms with Gasteiger partial charge in [-0.15, -0.1) is 23.2 Å². The topological polar surface area (TPSA) is 171 Å². The zero-order chi connectivity index (χ0) is 48.7. The van der Waals surface area contributed by atoms with Crippen LogP contribution >= 0.6 is 23.2 Å². The molecule has 0 radical (unpaired) electrons. The van der Waals surface area contributed by atoms with Crippen molar-refractivity contribution in [1.82, 2.24) is 0 Å². The summed E-state index contributed by atoms with van der Waals surface area (Å²) in [6, 6.07) is 30.1. The van der Waals surface area contributed by atoms with Crippen molar-refractivity contribution < 1.29 is 97.0 Å². The number of hydrogen-bond donors (Lipinski definition) is 2. The molecule has 0 saturated carbocycles. The molecule has 4 aromatic rings. The molecule has 0 bridgehead atoms. The summed E-state index contributed by atoms with van der Waals surface area (Å²) in [4.78, 5) is 34.1. The lowest BCUT2D eigenvalue weighted by molar-refractivity contribution is -0.360. The Morgan fingerprint density at radius 3 is 1.03 bits per heavy atom. The van der Waals surface area contributed by atoms with E-state index in [9.17, 15) is 27.6 Å². The van der Waals surface area contributed by atoms with Crippen LogP contribution in [-0.4, -0.2) is 107 Å². The summed E-state index contributed by atoms with van der Waals surface area (Å²) in [5, 5.41) is 0. The van der Waals surface area contributed by atoms with Crippen LogP contribution in [0.15, 0.2) is 97.1 Å². The number of quaternary nitrogens is 2. The van der Waals surface area contributed by atoms with E-state index < -0.39 is 55.7 Å². The Morgan fingerprint density at radius 2 is 0.779 bits per heavy atom. The molecule has 4 unspecified atom stereocenters. The molecule has 378 valence electrons. The number of esters is 3. The van der Waals surface area contributed by atoms with Gasteiger partial charge in [-0.05, 0) is 70.8 Å². The molecular formula is C49H63Cl4F3N2O10. The van der Waals surface area contributed by atoms with Gasteiger partial charge in [-0.3, -0.25) is 4.79 Å². The van der Waals surface area contributed by atoms with Crippen molar-refractivity contribution in [2.24, 2.45) is 0 Å². The van der Waals surface area contributed by atoms with Crippen molar-refractivity contribution in [2.45, 2.75) is 76.4 Å². The zero-order valence-electron chi connectivity index (χ0n) is 39.0. The first-order valence-corrected chi connectivity index (χ1v) is 22.6. The predicted octanol–water partition coefficient (Wildman–Crippen LogP) is 0.932. The lowest BCUT2D eigenvalue weighted by atomic mass is 9.78. The number of hydrogen-bond acceptors (Lipinski definition) is 10. The number of alkyl halides is 5. The van der Waals surface area contributed by atoms with Gasteiger partial charge < -0.3 is 69.4 Å². The van der Waals surface area contributed by atoms with E-state index in [0.717, 1.165) is 22.3 Å². The Morgan fingerprint density at radius 1 is 0.500 bits per heavy atom. The number of benzene rings is 4. The van der Waals surface area contributed by atoms with Gasteiger partial charge in [0.25, 0.3) is 0 Å². The molecule has 0 aliphatic rings. The molecule has 68 heavy (non-hydrogen) atoms. The summed E-state index contributed by atoms with van der Waals surface area (Å²) < 4.78 is 75.8. The summed E-state index contributed by atoms with van der Waals surface area (Å²) in [5.41, 5.74) is 10.6. The standard InChI is InChI=1S/C26H33ClFNO6.C23H28ClF2NO4.2ClH/c1-4-24(30)35-23(14-28)17-33-21-11-7-19(8-12-21)26(2,3)18-5-9-20(10-6-18)32-16-22(13-27)34-25(31)15-29;1-23(2,16-3-7-19(8-4-16)29-14-18(26)12-25)17-5-9-20(10-6-17)30-15-21(11-24)31-22(28)13-27;;/h5-12,22-23H,4,13-17,29H2,1-3H3;3-10,18,21H,11-15,27H2,1-2H3;2*1H. The maximum Gasteiger partial charge on any atom is 0.361 e. The number of rotatable bonds is 26. The quantitative estimate of drug-likeness (QED) is 0.0525. The van der Waals surface area contributed by atoms with Crippen LogP contribution < -0.4 is 55.2 Å². The Labute approximate surface area is 419 Å². The summed E-state index contributed by atoms with van der Waals surface area (Å²) in [6.45, 7) is 8.20. The number of carbonyl (C=O) groups excluding carboxylic acids is 3. The molecule has 6 N–H and O–H groups in total. The summed E-state index contributed by atoms with van der Waals surface area (Å²) in [5.74, 6) is 1.30. The normalized spacial score (nSPS) is 12.8. The largest absolute Gasteiger partial charge is 1.00 e. The number of halogens is 7. The SMILES string of the molecule is CC(C)(c1ccc(OCC(F)CF)cc1)c1ccc(OCC(CCl)OC(=O)C[NH3+])cc1.CCC(=O)OC(CF)COc1ccc(C(C)(C)c2ccc(OCC(CCl)OC(=O)C[NH3+])cc2)cc1.[Cl-].[Cl-]. The zero-order valence-corrected chi connectivity index (χ0v) is 42.0. The molecule has 0 spiro atoms. The molecule has 0 fully saturated rings. The fraction of sp³-hybridized carbons (Fsp3) is 0.449. The highest BCUT2D eigenvalue weighted by molar-refractivity contribution is 6.18. The Balaban J connectivity index is 0.000000665. The van der Waals surface area contributed by atoms with Crippen molar-refractivity contribution in [2.75, 3.05) is 64.6 Å². The van der Waals surface area contributed by atoms with E-state index in [2.05, 4.69) is 39.2 Å². The Kier molecular flexibility index (Phi) is 28.4. The van der Waals surface area contributed by atoms with Crippen LogP contribution in [-0.2, 0) is 39.4 Å². The van der Waals surface area contributed by atoms with E-state index in [-0.39, 0.29) is 93.3 Å². The second-order valence-electron chi connectivity index (χ2n) is 16.0. The van der Waals surface area contributed by atoms with Crippen LogP contribution in [0.2, 0.25) is 0 Å². The molecule has 12 nitrogen and oxygen atoms in total.